The van der Waals surface area contributed by atoms with E-state index >= 15 is 0 Å². The summed E-state index contributed by atoms with van der Waals surface area (Å²) in [5.41, 5.74) is 21.6. The van der Waals surface area contributed by atoms with E-state index in [0.29, 0.717) is 5.92 Å². The number of rotatable bonds is 2. The van der Waals surface area contributed by atoms with Crippen LogP contribution in [-0.4, -0.2) is 4.57 Å². The SMILES string of the molecule is CC.CC.CC.Cc1ccc2c(c1)C(C)(C)c1cc(-n3c4ccccc4c4c(-c5ccccc5)cccc43)c3ccccc3c1-2.Cc1ccc2c(c1)C(C)Cc1ccccc1-2.Cc1ccccc1. The summed E-state index contributed by atoms with van der Waals surface area (Å²) in [7, 11) is 0. The molecule has 1 atom stereocenters. The van der Waals surface area contributed by atoms with Gasteiger partial charge >= 0.3 is 0 Å². The number of aryl methyl sites for hydroxylation is 3. The number of hydrogen-bond donors (Lipinski definition) is 0. The summed E-state index contributed by atoms with van der Waals surface area (Å²) < 4.78 is 2.50. The van der Waals surface area contributed by atoms with Crippen LogP contribution >= 0.6 is 0 Å². The van der Waals surface area contributed by atoms with Crippen LogP contribution in [0.5, 0.6) is 0 Å². The molecule has 1 heterocycles. The molecule has 0 amide bonds. The molecule has 344 valence electrons. The highest BCUT2D eigenvalue weighted by atomic mass is 15.0. The van der Waals surface area contributed by atoms with Crippen molar-refractivity contribution in [3.8, 4) is 39.1 Å². The Kier molecular flexibility index (Phi) is 15.7. The highest BCUT2D eigenvalue weighted by Crippen LogP contribution is 2.53. The van der Waals surface area contributed by atoms with Crippen LogP contribution in [-0.2, 0) is 11.8 Å². The molecule has 2 aliphatic rings. The Morgan fingerprint density at radius 3 is 1.65 bits per heavy atom. The number of para-hydroxylation sites is 1. The molecule has 68 heavy (non-hydrogen) atoms. The average molecular weight is 890 g/mol. The first-order valence-corrected chi connectivity index (χ1v) is 25.1. The molecular weight excluding hydrogens is 819 g/mol. The van der Waals surface area contributed by atoms with E-state index in [1.54, 1.807) is 0 Å². The van der Waals surface area contributed by atoms with Crippen LogP contribution in [0.2, 0.25) is 0 Å². The number of hydrogen-bond acceptors (Lipinski definition) is 0. The summed E-state index contributed by atoms with van der Waals surface area (Å²) in [6, 6.07) is 70.7. The molecule has 10 aromatic rings. The van der Waals surface area contributed by atoms with Crippen molar-refractivity contribution in [2.45, 2.75) is 101 Å². The Morgan fingerprint density at radius 2 is 0.971 bits per heavy atom. The van der Waals surface area contributed by atoms with Crippen molar-refractivity contribution >= 4 is 32.6 Å². The molecule has 12 rings (SSSR count). The van der Waals surface area contributed by atoms with E-state index in [2.05, 4.69) is 222 Å². The van der Waals surface area contributed by atoms with Gasteiger partial charge in [0.1, 0.15) is 0 Å². The van der Waals surface area contributed by atoms with E-state index in [9.17, 15) is 0 Å². The van der Waals surface area contributed by atoms with E-state index in [-0.39, 0.29) is 5.41 Å². The third-order valence-corrected chi connectivity index (χ3v) is 13.3. The molecule has 1 aromatic heterocycles. The van der Waals surface area contributed by atoms with Crippen LogP contribution in [0.3, 0.4) is 0 Å². The van der Waals surface area contributed by atoms with Gasteiger partial charge in [-0.3, -0.25) is 0 Å². The minimum absolute atomic E-state index is 0.0799. The highest BCUT2D eigenvalue weighted by Gasteiger charge is 2.37. The Labute approximate surface area is 408 Å². The molecule has 9 aromatic carbocycles. The minimum atomic E-state index is -0.0799. The van der Waals surface area contributed by atoms with Crippen molar-refractivity contribution in [3.05, 3.63) is 233 Å². The minimum Gasteiger partial charge on any atom is -0.309 e. The summed E-state index contributed by atoms with van der Waals surface area (Å²) in [5, 5.41) is 5.20. The Bertz CT molecular complexity index is 3270. The lowest BCUT2D eigenvalue weighted by Gasteiger charge is -2.25. The first-order valence-electron chi connectivity index (χ1n) is 25.1. The lowest BCUT2D eigenvalue weighted by molar-refractivity contribution is 0.660. The van der Waals surface area contributed by atoms with E-state index < -0.39 is 0 Å². The van der Waals surface area contributed by atoms with Gasteiger partial charge in [-0.1, -0.05) is 255 Å². The predicted molar refractivity (Wildman–Crippen MR) is 300 cm³/mol. The monoisotopic (exact) mass is 890 g/mol. The normalized spacial score (nSPS) is 13.2. The highest BCUT2D eigenvalue weighted by molar-refractivity contribution is 6.17. The second-order valence-corrected chi connectivity index (χ2v) is 18.0. The van der Waals surface area contributed by atoms with Crippen LogP contribution in [0.4, 0.5) is 0 Å². The Morgan fingerprint density at radius 1 is 0.426 bits per heavy atom. The van der Waals surface area contributed by atoms with Gasteiger partial charge in [-0.25, -0.2) is 0 Å². The quantitative estimate of drug-likeness (QED) is 0.163. The molecule has 1 unspecified atom stereocenters. The van der Waals surface area contributed by atoms with Crippen LogP contribution in [0, 0.1) is 20.8 Å². The standard InChI is InChI=1S/C38H29N.C16H16.C7H8.3C2H6/c1-24-20-21-29-31(22-24)38(2,3)32-23-35(27-14-7-8-15-28(27)36(29)32)39-33-18-10-9-16-30(33)37-26(17-11-19-34(37)39)25-12-5-4-6-13-25;1-11-7-8-15-14-6-4-3-5-13(14)10-12(2)16(15)9-11;1-7-5-3-2-4-6-7;3*1-2/h4-23H,1-3H3;3-9,12H,10H2,1-2H3;2-6H,1H3;3*1-2H3. The fourth-order valence-electron chi connectivity index (χ4n) is 10.3. The Balaban J connectivity index is 0.000000194. The maximum absolute atomic E-state index is 2.50. The van der Waals surface area contributed by atoms with Crippen molar-refractivity contribution in [1.29, 1.82) is 0 Å². The third-order valence-electron chi connectivity index (χ3n) is 13.3. The fourth-order valence-corrected chi connectivity index (χ4v) is 10.3. The van der Waals surface area contributed by atoms with Crippen LogP contribution in [0.15, 0.2) is 194 Å². The smallest absolute Gasteiger partial charge is 0.0547 e. The average Bonchev–Trinajstić information content (AvgIpc) is 3.84. The van der Waals surface area contributed by atoms with Gasteiger partial charge < -0.3 is 4.57 Å². The van der Waals surface area contributed by atoms with Crippen molar-refractivity contribution in [1.82, 2.24) is 4.57 Å². The number of fused-ring (bicyclic) bond motifs is 11. The first kappa shape index (κ1) is 49.0. The van der Waals surface area contributed by atoms with Crippen LogP contribution in [0.25, 0.3) is 71.6 Å². The molecule has 0 saturated heterocycles. The summed E-state index contributed by atoms with van der Waals surface area (Å²) in [6.07, 6.45) is 1.17. The van der Waals surface area contributed by atoms with Crippen molar-refractivity contribution < 1.29 is 0 Å². The molecule has 0 radical (unpaired) electrons. The molecule has 0 N–H and O–H groups in total. The third kappa shape index (κ3) is 9.33. The van der Waals surface area contributed by atoms with E-state index in [4.69, 9.17) is 0 Å². The maximum atomic E-state index is 2.50. The van der Waals surface area contributed by atoms with Gasteiger partial charge in [-0.15, -0.1) is 0 Å². The zero-order valence-electron chi connectivity index (χ0n) is 42.7. The van der Waals surface area contributed by atoms with Gasteiger partial charge in [0.15, 0.2) is 0 Å². The summed E-state index contributed by atoms with van der Waals surface area (Å²) in [4.78, 5) is 0. The molecule has 1 nitrogen and oxygen atoms in total. The second-order valence-electron chi connectivity index (χ2n) is 18.0. The lowest BCUT2D eigenvalue weighted by Crippen LogP contribution is -2.15. The fraction of sp³-hybridized carbons (Fsp3) is 0.224. The van der Waals surface area contributed by atoms with Gasteiger partial charge in [-0.05, 0) is 112 Å². The number of benzene rings is 9. The topological polar surface area (TPSA) is 4.93 Å². The molecule has 1 heteroatoms. The van der Waals surface area contributed by atoms with E-state index in [0.717, 1.165) is 0 Å². The maximum Gasteiger partial charge on any atom is 0.0547 e. The largest absolute Gasteiger partial charge is 0.309 e. The summed E-state index contributed by atoms with van der Waals surface area (Å²) in [6.45, 7) is 25.6. The van der Waals surface area contributed by atoms with Gasteiger partial charge in [0, 0.05) is 21.6 Å². The number of aromatic nitrogens is 1. The molecule has 0 fully saturated rings. The van der Waals surface area contributed by atoms with Crippen molar-refractivity contribution in [2.75, 3.05) is 0 Å². The molecule has 0 bridgehead atoms. The van der Waals surface area contributed by atoms with E-state index in [1.165, 1.54) is 117 Å². The van der Waals surface area contributed by atoms with Crippen LogP contribution in [0.1, 0.15) is 107 Å². The van der Waals surface area contributed by atoms with E-state index in [1.807, 2.05) is 59.7 Å². The second kappa shape index (κ2) is 21.8. The zero-order valence-corrected chi connectivity index (χ0v) is 42.7. The van der Waals surface area contributed by atoms with Crippen molar-refractivity contribution in [3.63, 3.8) is 0 Å². The zero-order chi connectivity index (χ0) is 48.5. The predicted octanol–water partition coefficient (Wildman–Crippen LogP) is 19.6. The summed E-state index contributed by atoms with van der Waals surface area (Å²) >= 11 is 0. The van der Waals surface area contributed by atoms with Gasteiger partial charge in [-0.2, -0.15) is 0 Å². The molecular formula is C67H71N. The molecule has 0 spiro atoms. The number of nitrogens with zero attached hydrogens (tertiary/aromatic N) is 1. The Hall–Kier alpha value is -6.96. The molecule has 2 aliphatic carbocycles. The molecule has 0 aliphatic heterocycles. The molecule has 0 saturated carbocycles. The van der Waals surface area contributed by atoms with Gasteiger partial charge in [0.2, 0.25) is 0 Å². The lowest BCUT2D eigenvalue weighted by atomic mass is 9.79. The van der Waals surface area contributed by atoms with Gasteiger partial charge in [0.05, 0.1) is 16.7 Å². The van der Waals surface area contributed by atoms with Crippen molar-refractivity contribution in [2.24, 2.45) is 0 Å². The van der Waals surface area contributed by atoms with Gasteiger partial charge in [0.25, 0.3) is 0 Å². The van der Waals surface area contributed by atoms with Crippen LogP contribution < -0.4 is 0 Å². The first-order chi connectivity index (χ1) is 33.2. The summed E-state index contributed by atoms with van der Waals surface area (Å²) in [5.74, 6) is 0.643.